The average molecular weight is 421 g/mol. The van der Waals surface area contributed by atoms with Crippen LogP contribution in [0.1, 0.15) is 15.9 Å². The molecule has 0 atom stereocenters. The molecule has 3 rings (SSSR count). The van der Waals surface area contributed by atoms with Crippen LogP contribution >= 0.6 is 27.5 Å². The van der Waals surface area contributed by atoms with Crippen molar-refractivity contribution in [2.45, 2.75) is 6.54 Å². The van der Waals surface area contributed by atoms with E-state index >= 15 is 0 Å². The topological polar surface area (TPSA) is 56.1 Å². The maximum Gasteiger partial charge on any atom is 0.258 e. The van der Waals surface area contributed by atoms with Gasteiger partial charge in [0.25, 0.3) is 5.91 Å². The van der Waals surface area contributed by atoms with Gasteiger partial charge < -0.3 is 10.1 Å². The third kappa shape index (κ3) is 4.21. The first-order valence-corrected chi connectivity index (χ1v) is 8.65. The molecule has 0 saturated heterocycles. The van der Waals surface area contributed by atoms with Crippen molar-refractivity contribution in [3.05, 3.63) is 75.4 Å². The monoisotopic (exact) mass is 419 g/mol. The van der Waals surface area contributed by atoms with E-state index in [9.17, 15) is 4.79 Å². The first-order valence-electron chi connectivity index (χ1n) is 7.48. The number of anilines is 1. The molecule has 0 aliphatic heterocycles. The maximum absolute atomic E-state index is 12.6. The van der Waals surface area contributed by atoms with Crippen molar-refractivity contribution < 1.29 is 9.53 Å². The van der Waals surface area contributed by atoms with Gasteiger partial charge in [-0.3, -0.25) is 4.79 Å². The summed E-state index contributed by atoms with van der Waals surface area (Å²) < 4.78 is 7.57. The van der Waals surface area contributed by atoms with Gasteiger partial charge in [-0.2, -0.15) is 5.10 Å². The molecule has 0 aliphatic carbocycles. The standard InChI is InChI=1S/C18H15BrClN3O2/c1-25-14-5-6-16(19)15(10-14)18(24)22-17-7-8-21-23(17)11-12-3-2-4-13(20)9-12/h2-10H,11H2,1H3,(H,22,24). The lowest BCUT2D eigenvalue weighted by molar-refractivity contribution is 0.102. The number of halogens is 2. The van der Waals surface area contributed by atoms with Crippen molar-refractivity contribution in [2.75, 3.05) is 12.4 Å². The van der Waals surface area contributed by atoms with E-state index in [1.54, 1.807) is 42.3 Å². The minimum absolute atomic E-state index is 0.251. The normalized spacial score (nSPS) is 10.5. The Bertz CT molecular complexity index is 911. The van der Waals surface area contributed by atoms with Crippen molar-refractivity contribution in [3.8, 4) is 5.75 Å². The molecule has 0 unspecified atom stereocenters. The number of rotatable bonds is 5. The van der Waals surface area contributed by atoms with E-state index in [2.05, 4.69) is 26.3 Å². The van der Waals surface area contributed by atoms with E-state index in [0.29, 0.717) is 33.2 Å². The van der Waals surface area contributed by atoms with E-state index in [1.165, 1.54) is 0 Å². The number of benzene rings is 2. The Morgan fingerprint density at radius 3 is 2.88 bits per heavy atom. The van der Waals surface area contributed by atoms with Gasteiger partial charge in [-0.15, -0.1) is 0 Å². The second-order valence-corrected chi connectivity index (χ2v) is 6.59. The zero-order valence-electron chi connectivity index (χ0n) is 13.4. The van der Waals surface area contributed by atoms with Gasteiger partial charge in [0.05, 0.1) is 25.4 Å². The van der Waals surface area contributed by atoms with Gasteiger partial charge in [-0.1, -0.05) is 23.7 Å². The predicted molar refractivity (Wildman–Crippen MR) is 101 cm³/mol. The lowest BCUT2D eigenvalue weighted by Gasteiger charge is -2.11. The Morgan fingerprint density at radius 2 is 2.12 bits per heavy atom. The molecule has 128 valence electrons. The number of nitrogens with one attached hydrogen (secondary N) is 1. The van der Waals surface area contributed by atoms with Gasteiger partial charge in [0, 0.05) is 15.6 Å². The van der Waals surface area contributed by atoms with Crippen molar-refractivity contribution in [1.29, 1.82) is 0 Å². The van der Waals surface area contributed by atoms with Crippen molar-refractivity contribution in [1.82, 2.24) is 9.78 Å². The van der Waals surface area contributed by atoms with E-state index in [4.69, 9.17) is 16.3 Å². The number of methoxy groups -OCH3 is 1. The van der Waals surface area contributed by atoms with Crippen LogP contribution in [0.5, 0.6) is 5.75 Å². The molecule has 0 bridgehead atoms. The van der Waals surface area contributed by atoms with Gasteiger partial charge in [0.2, 0.25) is 0 Å². The lowest BCUT2D eigenvalue weighted by Crippen LogP contribution is -2.16. The Kier molecular flexibility index (Phi) is 5.40. The molecule has 1 heterocycles. The summed E-state index contributed by atoms with van der Waals surface area (Å²) in [7, 11) is 1.56. The van der Waals surface area contributed by atoms with Crippen LogP contribution in [0.25, 0.3) is 0 Å². The summed E-state index contributed by atoms with van der Waals surface area (Å²) in [5.74, 6) is 0.957. The largest absolute Gasteiger partial charge is 0.497 e. The number of carbonyl (C=O) groups is 1. The Balaban J connectivity index is 1.80. The second-order valence-electron chi connectivity index (χ2n) is 5.30. The van der Waals surface area contributed by atoms with Gasteiger partial charge in [-0.05, 0) is 51.8 Å². The maximum atomic E-state index is 12.6. The molecule has 1 amide bonds. The Morgan fingerprint density at radius 1 is 1.28 bits per heavy atom. The molecule has 0 fully saturated rings. The van der Waals surface area contributed by atoms with Crippen LogP contribution in [0, 0.1) is 0 Å². The number of hydrogen-bond donors (Lipinski definition) is 1. The fourth-order valence-corrected chi connectivity index (χ4v) is 3.00. The van der Waals surface area contributed by atoms with Crippen molar-refractivity contribution in [2.24, 2.45) is 0 Å². The second kappa shape index (κ2) is 7.72. The van der Waals surface area contributed by atoms with Crippen LogP contribution in [-0.2, 0) is 6.54 Å². The minimum atomic E-state index is -0.251. The van der Waals surface area contributed by atoms with Gasteiger partial charge in [-0.25, -0.2) is 4.68 Å². The number of amides is 1. The fourth-order valence-electron chi connectivity index (χ4n) is 2.36. The molecule has 1 N–H and O–H groups in total. The van der Waals surface area contributed by atoms with Crippen LogP contribution in [0.15, 0.2) is 59.2 Å². The van der Waals surface area contributed by atoms with E-state index < -0.39 is 0 Å². The highest BCUT2D eigenvalue weighted by Crippen LogP contribution is 2.24. The highest BCUT2D eigenvalue weighted by atomic mass is 79.9. The van der Waals surface area contributed by atoms with E-state index in [0.717, 1.165) is 5.56 Å². The minimum Gasteiger partial charge on any atom is -0.497 e. The summed E-state index contributed by atoms with van der Waals surface area (Å²) in [6.07, 6.45) is 1.64. The predicted octanol–water partition coefficient (Wildman–Crippen LogP) is 4.61. The summed E-state index contributed by atoms with van der Waals surface area (Å²) in [6, 6.07) is 14.5. The quantitative estimate of drug-likeness (QED) is 0.656. The highest BCUT2D eigenvalue weighted by molar-refractivity contribution is 9.10. The summed E-state index contributed by atoms with van der Waals surface area (Å²) in [5, 5.41) is 7.81. The van der Waals surface area contributed by atoms with Crippen molar-refractivity contribution >= 4 is 39.3 Å². The van der Waals surface area contributed by atoms with Gasteiger partial charge in [0.15, 0.2) is 0 Å². The van der Waals surface area contributed by atoms with Gasteiger partial charge in [0.1, 0.15) is 11.6 Å². The van der Waals surface area contributed by atoms with E-state index in [1.807, 2.05) is 24.3 Å². The van der Waals surface area contributed by atoms with Crippen LogP contribution in [0.4, 0.5) is 5.82 Å². The number of hydrogen-bond acceptors (Lipinski definition) is 3. The molecule has 0 aliphatic rings. The molecule has 1 aromatic heterocycles. The molecule has 3 aromatic rings. The summed E-state index contributed by atoms with van der Waals surface area (Å²) in [5.41, 5.74) is 1.48. The smallest absolute Gasteiger partial charge is 0.258 e. The summed E-state index contributed by atoms with van der Waals surface area (Å²) in [6.45, 7) is 0.502. The molecule has 0 saturated carbocycles. The van der Waals surface area contributed by atoms with Crippen LogP contribution in [-0.4, -0.2) is 22.8 Å². The zero-order chi connectivity index (χ0) is 17.8. The molecule has 5 nitrogen and oxygen atoms in total. The lowest BCUT2D eigenvalue weighted by atomic mass is 10.2. The third-order valence-electron chi connectivity index (χ3n) is 3.60. The molecule has 25 heavy (non-hydrogen) atoms. The average Bonchev–Trinajstić information content (AvgIpc) is 3.02. The molecular formula is C18H15BrClN3O2. The van der Waals surface area contributed by atoms with Crippen LogP contribution in [0.2, 0.25) is 5.02 Å². The highest BCUT2D eigenvalue weighted by Gasteiger charge is 2.14. The van der Waals surface area contributed by atoms with E-state index in [-0.39, 0.29) is 5.91 Å². The molecule has 2 aromatic carbocycles. The number of ether oxygens (including phenoxy) is 1. The molecule has 0 spiro atoms. The first-order chi connectivity index (χ1) is 12.1. The first kappa shape index (κ1) is 17.5. The number of carbonyl (C=O) groups excluding carboxylic acids is 1. The molecule has 0 radical (unpaired) electrons. The fraction of sp³-hybridized carbons (Fsp3) is 0.111. The van der Waals surface area contributed by atoms with Crippen LogP contribution < -0.4 is 10.1 Å². The molecule has 7 heteroatoms. The third-order valence-corrected chi connectivity index (χ3v) is 4.52. The zero-order valence-corrected chi connectivity index (χ0v) is 15.7. The molecular weight excluding hydrogens is 406 g/mol. The Hall–Kier alpha value is -2.31. The SMILES string of the molecule is COc1ccc(Br)c(C(=O)Nc2ccnn2Cc2cccc(Cl)c2)c1. The Labute approximate surface area is 158 Å². The van der Waals surface area contributed by atoms with Crippen molar-refractivity contribution in [3.63, 3.8) is 0 Å². The number of aromatic nitrogens is 2. The summed E-state index contributed by atoms with van der Waals surface area (Å²) >= 11 is 9.41. The summed E-state index contributed by atoms with van der Waals surface area (Å²) in [4.78, 5) is 12.6. The van der Waals surface area contributed by atoms with Crippen LogP contribution in [0.3, 0.4) is 0 Å². The number of nitrogens with zero attached hydrogens (tertiary/aromatic N) is 2. The van der Waals surface area contributed by atoms with Gasteiger partial charge >= 0.3 is 0 Å².